The summed E-state index contributed by atoms with van der Waals surface area (Å²) in [5.74, 6) is -0.415. The molecule has 3 aliphatic carbocycles. The molecule has 9 rings (SSSR count). The Kier molecular flexibility index (Phi) is 3.72. The van der Waals surface area contributed by atoms with Crippen LogP contribution in [0.1, 0.15) is 31.2 Å². The van der Waals surface area contributed by atoms with E-state index in [-0.39, 0.29) is 12.5 Å². The molecule has 7 fully saturated rings. The maximum atomic E-state index is 13.7. The fourth-order valence-electron chi connectivity index (χ4n) is 9.34. The predicted molar refractivity (Wildman–Crippen MR) is 115 cm³/mol. The highest BCUT2D eigenvalue weighted by atomic mass is 16.6. The number of fused-ring (bicyclic) bond motifs is 3. The van der Waals surface area contributed by atoms with Crippen molar-refractivity contribution in [3.63, 3.8) is 0 Å². The van der Waals surface area contributed by atoms with E-state index in [1.807, 2.05) is 12.1 Å². The molecule has 0 radical (unpaired) electrons. The number of para-hydroxylation sites is 1. The average Bonchev–Trinajstić information content (AvgIpc) is 3.41. The number of rotatable bonds is 2. The molecule has 3 spiro atoms. The van der Waals surface area contributed by atoms with Gasteiger partial charge in [0.2, 0.25) is 5.60 Å². The van der Waals surface area contributed by atoms with E-state index in [2.05, 4.69) is 4.90 Å². The monoisotopic (exact) mass is 472 g/mol. The number of ether oxygens (including phenoxy) is 4. The van der Waals surface area contributed by atoms with Crippen LogP contribution < -0.4 is 9.64 Å². The average molecular weight is 472 g/mol. The smallest absolute Gasteiger partial charge is 0.414 e. The van der Waals surface area contributed by atoms with E-state index in [1.54, 1.807) is 6.07 Å². The van der Waals surface area contributed by atoms with Gasteiger partial charge in [-0.1, -0.05) is 12.1 Å². The molecule has 10 nitrogen and oxygen atoms in total. The lowest BCUT2D eigenvalue weighted by atomic mass is 9.35. The first kappa shape index (κ1) is 20.9. The summed E-state index contributed by atoms with van der Waals surface area (Å²) in [6.45, 7) is 0.654. The molecular weight excluding hydrogens is 444 g/mol. The van der Waals surface area contributed by atoms with E-state index in [4.69, 9.17) is 18.9 Å². The Morgan fingerprint density at radius 2 is 1.94 bits per heavy atom. The fourth-order valence-corrected chi connectivity index (χ4v) is 9.34. The fraction of sp³-hybridized carbons (Fsp3) is 0.667. The van der Waals surface area contributed by atoms with Crippen molar-refractivity contribution in [2.75, 3.05) is 32.8 Å². The molecular formula is C24H28N2O8. The van der Waals surface area contributed by atoms with Crippen LogP contribution in [-0.2, 0) is 24.4 Å². The van der Waals surface area contributed by atoms with Crippen molar-refractivity contribution in [3.8, 4) is 5.75 Å². The summed E-state index contributed by atoms with van der Waals surface area (Å²) >= 11 is 0. The van der Waals surface area contributed by atoms with Crippen LogP contribution in [-0.4, -0.2) is 90.7 Å². The van der Waals surface area contributed by atoms with E-state index in [0.29, 0.717) is 37.2 Å². The molecule has 5 bridgehead atoms. The topological polar surface area (TPSA) is 118 Å². The molecule has 0 unspecified atom stereocenters. The molecule has 0 aromatic heterocycles. The van der Waals surface area contributed by atoms with Gasteiger partial charge in [-0.3, -0.25) is 9.80 Å². The first-order valence-electron chi connectivity index (χ1n) is 11.8. The lowest BCUT2D eigenvalue weighted by Crippen LogP contribution is -2.95. The van der Waals surface area contributed by atoms with Gasteiger partial charge in [-0.15, -0.1) is 0 Å². The summed E-state index contributed by atoms with van der Waals surface area (Å²) in [6.07, 6.45) is -1.16. The van der Waals surface area contributed by atoms with E-state index in [9.17, 15) is 19.8 Å². The normalized spacial score (nSPS) is 46.8. The van der Waals surface area contributed by atoms with Gasteiger partial charge in [0, 0.05) is 29.8 Å². The second-order valence-electron chi connectivity index (χ2n) is 10.5. The Hall–Kier alpha value is -2.40. The first-order valence-corrected chi connectivity index (χ1v) is 11.8. The third-order valence-electron chi connectivity index (χ3n) is 10.1. The highest BCUT2D eigenvalue weighted by molar-refractivity contribution is 6.01. The van der Waals surface area contributed by atoms with Crippen molar-refractivity contribution in [3.05, 3.63) is 23.8 Å². The molecule has 5 heterocycles. The van der Waals surface area contributed by atoms with Gasteiger partial charge in [0.1, 0.15) is 23.6 Å². The Balaban J connectivity index is 1.65. The Labute approximate surface area is 196 Å². The van der Waals surface area contributed by atoms with Crippen LogP contribution in [0.2, 0.25) is 0 Å². The summed E-state index contributed by atoms with van der Waals surface area (Å²) < 4.78 is 22.6. The van der Waals surface area contributed by atoms with Gasteiger partial charge >= 0.3 is 12.1 Å². The van der Waals surface area contributed by atoms with Gasteiger partial charge in [-0.2, -0.15) is 0 Å². The van der Waals surface area contributed by atoms with E-state index in [0.717, 1.165) is 5.56 Å². The second kappa shape index (κ2) is 6.04. The van der Waals surface area contributed by atoms with Crippen molar-refractivity contribution in [2.24, 2.45) is 5.41 Å². The van der Waals surface area contributed by atoms with Crippen molar-refractivity contribution in [2.45, 2.75) is 66.7 Å². The molecule has 3 saturated carbocycles. The summed E-state index contributed by atoms with van der Waals surface area (Å²) in [5, 5.41) is 24.2. The molecule has 4 saturated heterocycles. The number of methoxy groups -OCH3 is 3. The molecule has 8 atom stereocenters. The largest absolute Gasteiger partial charge is 0.495 e. The number of carbonyl (C=O) groups excluding carboxylic acids is 2. The van der Waals surface area contributed by atoms with Crippen LogP contribution in [0.3, 0.4) is 0 Å². The maximum Gasteiger partial charge on any atom is 0.414 e. The van der Waals surface area contributed by atoms with Crippen LogP contribution in [0, 0.1) is 5.41 Å². The number of esters is 1. The van der Waals surface area contributed by atoms with Gasteiger partial charge < -0.3 is 29.2 Å². The van der Waals surface area contributed by atoms with E-state index in [1.165, 1.54) is 26.2 Å². The standard InChI is InChI=1S/C24H28N2O8/c1-31-13-6-4-5-12-16(13)26(20(29)33-3)23-8-7-21-14(27)11-15(25-10-9-22(12,23)17(21)25)34-18(21)24(23,30)19(28)32-2/h4-6,14-15,17-18,27,30H,7-11H2,1-3H3/t14-,15-,17-,18+,21+,22+,23-,24+/m0/s1. The van der Waals surface area contributed by atoms with Crippen LogP contribution in [0.5, 0.6) is 5.75 Å². The summed E-state index contributed by atoms with van der Waals surface area (Å²) in [7, 11) is 4.04. The highest BCUT2D eigenvalue weighted by Gasteiger charge is 2.93. The Morgan fingerprint density at radius 1 is 1.15 bits per heavy atom. The van der Waals surface area contributed by atoms with E-state index >= 15 is 0 Å². The second-order valence-corrected chi connectivity index (χ2v) is 10.5. The number of hydrogen-bond donors (Lipinski definition) is 2. The van der Waals surface area contributed by atoms with Crippen LogP contribution in [0.4, 0.5) is 10.5 Å². The number of benzene rings is 1. The number of piperidine rings is 1. The molecule has 5 aliphatic heterocycles. The van der Waals surface area contributed by atoms with Crippen LogP contribution >= 0.6 is 0 Å². The minimum atomic E-state index is -2.23. The zero-order valence-electron chi connectivity index (χ0n) is 19.3. The van der Waals surface area contributed by atoms with Gasteiger partial charge in [0.25, 0.3) is 0 Å². The summed E-state index contributed by atoms with van der Waals surface area (Å²) in [5.41, 5.74) is -4.09. The number of aliphatic hydroxyl groups is 2. The molecule has 182 valence electrons. The van der Waals surface area contributed by atoms with Gasteiger partial charge in [0.05, 0.1) is 33.1 Å². The number of aliphatic hydroxyl groups excluding tert-OH is 1. The zero-order chi connectivity index (χ0) is 23.8. The van der Waals surface area contributed by atoms with Crippen molar-refractivity contribution in [1.82, 2.24) is 4.90 Å². The molecule has 1 aromatic rings. The third kappa shape index (κ3) is 1.66. The molecule has 10 heteroatoms. The lowest BCUT2D eigenvalue weighted by Gasteiger charge is -2.78. The quantitative estimate of drug-likeness (QED) is 0.594. The summed E-state index contributed by atoms with van der Waals surface area (Å²) in [6, 6.07) is 5.35. The zero-order valence-corrected chi connectivity index (χ0v) is 19.3. The minimum Gasteiger partial charge on any atom is -0.495 e. The molecule has 8 aliphatic rings. The number of anilines is 1. The SMILES string of the molecule is COC(=O)N1c2c(OC)cccc2[C@@]23CCN4[C@@H]5C[C@H](O)[C@]6(CC[C@]12[C@](O)(C(=O)OC)[C@@H]6O5)[C@H]43. The van der Waals surface area contributed by atoms with Crippen molar-refractivity contribution >= 4 is 17.7 Å². The third-order valence-corrected chi connectivity index (χ3v) is 10.1. The first-order chi connectivity index (χ1) is 16.3. The van der Waals surface area contributed by atoms with Crippen LogP contribution in [0.15, 0.2) is 18.2 Å². The van der Waals surface area contributed by atoms with Gasteiger partial charge in [0.15, 0.2) is 0 Å². The van der Waals surface area contributed by atoms with Gasteiger partial charge in [-0.25, -0.2) is 9.59 Å². The Bertz CT molecular complexity index is 1140. The summed E-state index contributed by atoms with van der Waals surface area (Å²) in [4.78, 5) is 31.0. The minimum absolute atomic E-state index is 0.230. The molecule has 2 N–H and O–H groups in total. The number of nitrogens with zero attached hydrogens (tertiary/aromatic N) is 2. The molecule has 1 aromatic carbocycles. The van der Waals surface area contributed by atoms with Gasteiger partial charge in [-0.05, 0) is 30.9 Å². The van der Waals surface area contributed by atoms with Crippen molar-refractivity contribution in [1.29, 1.82) is 0 Å². The predicted octanol–water partition coefficient (Wildman–Crippen LogP) is 0.520. The Morgan fingerprint density at radius 3 is 2.65 bits per heavy atom. The number of carbonyl (C=O) groups is 2. The molecule has 34 heavy (non-hydrogen) atoms. The van der Waals surface area contributed by atoms with E-state index < -0.39 is 52.5 Å². The van der Waals surface area contributed by atoms with Crippen molar-refractivity contribution < 1.29 is 38.7 Å². The highest BCUT2D eigenvalue weighted by Crippen LogP contribution is 2.80. The number of amides is 1. The lowest BCUT2D eigenvalue weighted by molar-refractivity contribution is -0.389. The maximum absolute atomic E-state index is 13.7. The molecule has 1 amide bonds. The van der Waals surface area contributed by atoms with Crippen LogP contribution in [0.25, 0.3) is 0 Å². The number of hydrogen-bond acceptors (Lipinski definition) is 9.